The Morgan fingerprint density at radius 2 is 1.52 bits per heavy atom. The molecule has 2 aliphatic rings. The van der Waals surface area contributed by atoms with Gasteiger partial charge in [-0.25, -0.2) is 0 Å². The Bertz CT molecular complexity index is 1600. The summed E-state index contributed by atoms with van der Waals surface area (Å²) < 4.78 is 6.49. The molecule has 46 heavy (non-hydrogen) atoms. The van der Waals surface area contributed by atoms with Gasteiger partial charge in [0.2, 0.25) is 17.7 Å². The van der Waals surface area contributed by atoms with Crippen LogP contribution in [0, 0.1) is 11.3 Å². The van der Waals surface area contributed by atoms with Gasteiger partial charge in [0.1, 0.15) is 11.5 Å². The van der Waals surface area contributed by atoms with Gasteiger partial charge >= 0.3 is 0 Å². The number of nitrogens with zero attached hydrogens (tertiary/aromatic N) is 4. The Hall–Kier alpha value is -4.56. The molecule has 1 heterocycles. The van der Waals surface area contributed by atoms with E-state index in [1.54, 1.807) is 25.9 Å². The van der Waals surface area contributed by atoms with E-state index in [0.717, 1.165) is 35.1 Å². The minimum atomic E-state index is -0.963. The fraction of sp³-hybridized carbons (Fsp3) is 0.486. The molecule has 0 aliphatic heterocycles. The maximum atomic E-state index is 13.4. The molecule has 0 bridgehead atoms. The Labute approximate surface area is 270 Å². The third kappa shape index (κ3) is 6.27. The first-order chi connectivity index (χ1) is 22.0. The van der Waals surface area contributed by atoms with Crippen LogP contribution in [-0.4, -0.2) is 71.6 Å². The summed E-state index contributed by atoms with van der Waals surface area (Å²) in [6.45, 7) is 7.84. The van der Waals surface area contributed by atoms with Crippen LogP contribution in [0.1, 0.15) is 108 Å². The Morgan fingerprint density at radius 1 is 0.957 bits per heavy atom. The molecule has 3 N–H and O–H groups in total. The van der Waals surface area contributed by atoms with Crippen molar-refractivity contribution >= 4 is 17.7 Å². The molecule has 11 heteroatoms. The van der Waals surface area contributed by atoms with E-state index in [1.807, 2.05) is 57.2 Å². The molecule has 1 fully saturated rings. The van der Waals surface area contributed by atoms with Gasteiger partial charge < -0.3 is 25.3 Å². The van der Waals surface area contributed by atoms with Crippen molar-refractivity contribution < 1.29 is 18.8 Å². The molecule has 11 nitrogen and oxygen atoms in total. The number of amides is 3. The zero-order chi connectivity index (χ0) is 33.2. The van der Waals surface area contributed by atoms with Gasteiger partial charge in [0.05, 0.1) is 12.6 Å². The van der Waals surface area contributed by atoms with Crippen LogP contribution >= 0.6 is 0 Å². The highest BCUT2D eigenvalue weighted by Gasteiger charge is 2.47. The lowest BCUT2D eigenvalue weighted by Gasteiger charge is -2.36. The van der Waals surface area contributed by atoms with Crippen LogP contribution in [0.15, 0.2) is 40.8 Å². The van der Waals surface area contributed by atoms with Crippen LogP contribution in [0.5, 0.6) is 0 Å². The van der Waals surface area contributed by atoms with Crippen molar-refractivity contribution in [2.45, 2.75) is 89.3 Å². The Morgan fingerprint density at radius 3 is 1.98 bits per heavy atom. The predicted molar refractivity (Wildman–Crippen MR) is 172 cm³/mol. The molecule has 242 valence electrons. The first kappa shape index (κ1) is 32.8. The van der Waals surface area contributed by atoms with E-state index >= 15 is 0 Å². The van der Waals surface area contributed by atoms with Gasteiger partial charge in [-0.15, -0.1) is 10.2 Å². The summed E-state index contributed by atoms with van der Waals surface area (Å²) in [6.07, 6.45) is 3.51. The van der Waals surface area contributed by atoms with Crippen molar-refractivity contribution in [3.05, 3.63) is 81.6 Å². The van der Waals surface area contributed by atoms with E-state index in [-0.39, 0.29) is 42.3 Å². The van der Waals surface area contributed by atoms with Crippen LogP contribution < -0.4 is 16.0 Å². The highest BCUT2D eigenvalue weighted by Crippen LogP contribution is 2.48. The summed E-state index contributed by atoms with van der Waals surface area (Å²) in [5.41, 5.74) is 3.93. The van der Waals surface area contributed by atoms with E-state index in [9.17, 15) is 19.6 Å². The molecular formula is C35H43N7O4. The van der Waals surface area contributed by atoms with Crippen molar-refractivity contribution in [2.24, 2.45) is 0 Å². The standard InChI is InChI=1S/C35H43N7O4/c1-20(2)33-40-41-34(46-33)35(17-21(3)39-19-30(43)42(22(4)18-36)27-11-12-27)28-13-9-25(31(44)37-5)15-23(28)7-8-24-16-26(32(45)38-6)10-14-29(24)35/h9-10,13-16,20-22,27,39H,7-8,11-12,17,19H2,1-6H3,(H,37,44)(H,38,45)/t21-,22?/m0/s1. The summed E-state index contributed by atoms with van der Waals surface area (Å²) in [4.78, 5) is 40.5. The van der Waals surface area contributed by atoms with Gasteiger partial charge in [-0.1, -0.05) is 26.0 Å². The Balaban J connectivity index is 1.64. The van der Waals surface area contributed by atoms with Crippen LogP contribution in [0.3, 0.4) is 0 Å². The van der Waals surface area contributed by atoms with Crippen molar-refractivity contribution in [1.29, 1.82) is 5.26 Å². The van der Waals surface area contributed by atoms with Crippen LogP contribution in [-0.2, 0) is 23.1 Å². The quantitative estimate of drug-likeness (QED) is 0.292. The highest BCUT2D eigenvalue weighted by molar-refractivity contribution is 5.95. The van der Waals surface area contributed by atoms with Gasteiger partial charge in [-0.2, -0.15) is 5.26 Å². The number of benzene rings is 2. The Kier molecular flexibility index (Phi) is 9.58. The number of rotatable bonds is 11. The van der Waals surface area contributed by atoms with Gasteiger partial charge in [0, 0.05) is 43.2 Å². The topological polar surface area (TPSA) is 153 Å². The number of fused-ring (bicyclic) bond motifs is 2. The summed E-state index contributed by atoms with van der Waals surface area (Å²) in [5, 5.41) is 27.5. The van der Waals surface area contributed by atoms with Crippen molar-refractivity contribution in [3.63, 3.8) is 0 Å². The molecular weight excluding hydrogens is 582 g/mol. The summed E-state index contributed by atoms with van der Waals surface area (Å²) in [7, 11) is 3.22. The molecule has 3 aromatic rings. The molecule has 1 aromatic heterocycles. The number of carbonyl (C=O) groups is 3. The van der Waals surface area contributed by atoms with E-state index in [2.05, 4.69) is 32.2 Å². The molecule has 1 unspecified atom stereocenters. The maximum absolute atomic E-state index is 13.4. The smallest absolute Gasteiger partial charge is 0.251 e. The molecule has 3 amide bonds. The van der Waals surface area contributed by atoms with Crippen molar-refractivity contribution in [1.82, 2.24) is 31.0 Å². The number of hydrogen-bond acceptors (Lipinski definition) is 8. The SMILES string of the molecule is CNC(=O)c1ccc2c(c1)CCc1cc(C(=O)NC)ccc1C2(C[C@H](C)NCC(=O)N(C(C)C#N)C1CC1)c1nnc(C(C)C)o1. The zero-order valence-corrected chi connectivity index (χ0v) is 27.4. The lowest BCUT2D eigenvalue weighted by molar-refractivity contribution is -0.132. The molecule has 1 saturated carbocycles. The first-order valence-electron chi connectivity index (χ1n) is 16.0. The average molecular weight is 626 g/mol. The first-order valence-corrected chi connectivity index (χ1v) is 16.0. The van der Waals surface area contributed by atoms with Crippen molar-refractivity contribution in [3.8, 4) is 6.07 Å². The molecule has 2 atom stereocenters. The van der Waals surface area contributed by atoms with E-state index in [1.165, 1.54) is 0 Å². The second-order valence-electron chi connectivity index (χ2n) is 12.7. The number of nitriles is 1. The van der Waals surface area contributed by atoms with Crippen molar-refractivity contribution in [2.75, 3.05) is 20.6 Å². The number of nitrogens with one attached hydrogen (secondary N) is 3. The number of aryl methyl sites for hydroxylation is 2. The van der Waals surface area contributed by atoms with Crippen LogP contribution in [0.25, 0.3) is 0 Å². The summed E-state index contributed by atoms with van der Waals surface area (Å²) >= 11 is 0. The van der Waals surface area contributed by atoms with E-state index < -0.39 is 11.5 Å². The fourth-order valence-electron chi connectivity index (χ4n) is 6.63. The summed E-state index contributed by atoms with van der Waals surface area (Å²) in [6, 6.07) is 13.0. The third-order valence-corrected chi connectivity index (χ3v) is 9.12. The van der Waals surface area contributed by atoms with Gasteiger partial charge in [0.25, 0.3) is 11.8 Å². The third-order valence-electron chi connectivity index (χ3n) is 9.12. The normalized spacial score (nSPS) is 16.3. The monoisotopic (exact) mass is 625 g/mol. The second kappa shape index (κ2) is 13.4. The lowest BCUT2D eigenvalue weighted by atomic mass is 9.68. The molecule has 0 radical (unpaired) electrons. The predicted octanol–water partition coefficient (Wildman–Crippen LogP) is 3.62. The van der Waals surface area contributed by atoms with Gasteiger partial charge in [0.15, 0.2) is 0 Å². The van der Waals surface area contributed by atoms with Crippen LogP contribution in [0.2, 0.25) is 0 Å². The second-order valence-corrected chi connectivity index (χ2v) is 12.7. The van der Waals surface area contributed by atoms with Gasteiger partial charge in [-0.05, 0) is 92.5 Å². The number of carbonyl (C=O) groups excluding carboxylic acids is 3. The minimum Gasteiger partial charge on any atom is -0.424 e. The molecule has 0 spiro atoms. The minimum absolute atomic E-state index is 0.00188. The molecule has 2 aromatic carbocycles. The van der Waals surface area contributed by atoms with Gasteiger partial charge in [-0.3, -0.25) is 14.4 Å². The van der Waals surface area contributed by atoms with Crippen LogP contribution in [0.4, 0.5) is 0 Å². The fourth-order valence-corrected chi connectivity index (χ4v) is 6.63. The molecule has 0 saturated heterocycles. The van der Waals surface area contributed by atoms with E-state index in [4.69, 9.17) is 4.42 Å². The van der Waals surface area contributed by atoms with E-state index in [0.29, 0.717) is 42.2 Å². The maximum Gasteiger partial charge on any atom is 0.251 e. The zero-order valence-electron chi connectivity index (χ0n) is 27.4. The molecule has 2 aliphatic carbocycles. The average Bonchev–Trinajstić information content (AvgIpc) is 3.79. The molecule has 5 rings (SSSR count). The number of aromatic nitrogens is 2. The number of hydrogen-bond donors (Lipinski definition) is 3. The summed E-state index contributed by atoms with van der Waals surface area (Å²) in [5.74, 6) is 0.447. The largest absolute Gasteiger partial charge is 0.424 e. The lowest BCUT2D eigenvalue weighted by Crippen LogP contribution is -2.47. The highest BCUT2D eigenvalue weighted by atomic mass is 16.4.